The van der Waals surface area contributed by atoms with E-state index in [2.05, 4.69) is 4.98 Å². The van der Waals surface area contributed by atoms with Crippen LogP contribution in [0.2, 0.25) is 0 Å². The Kier molecular flexibility index (Phi) is 3.38. The smallest absolute Gasteiger partial charge is 0.197 e. The minimum absolute atomic E-state index is 0.163. The Morgan fingerprint density at radius 1 is 0.947 bits per heavy atom. The number of hydrogen-bond donors (Lipinski definition) is 0. The van der Waals surface area contributed by atoms with Gasteiger partial charge in [-0.3, -0.25) is 9.78 Å². The van der Waals surface area contributed by atoms with Crippen LogP contribution in [0.25, 0.3) is 0 Å². The number of nitrogens with zero attached hydrogens (tertiary/aromatic N) is 1. The summed E-state index contributed by atoms with van der Waals surface area (Å²) in [5.41, 5.74) is 0.775. The number of pyridine rings is 1. The predicted octanol–water partition coefficient (Wildman–Crippen LogP) is 3.35. The molecule has 2 rings (SSSR count). The molecule has 0 N–H and O–H groups in total. The molecule has 0 spiro atoms. The summed E-state index contributed by atoms with van der Waals surface area (Å²) in [6, 6.07) is 4.73. The van der Waals surface area contributed by atoms with E-state index in [9.17, 15) is 18.0 Å². The third kappa shape index (κ3) is 2.36. The van der Waals surface area contributed by atoms with Gasteiger partial charge < -0.3 is 0 Å². The third-order valence-corrected chi connectivity index (χ3v) is 2.75. The zero-order chi connectivity index (χ0) is 14.2. The van der Waals surface area contributed by atoms with Gasteiger partial charge in [0, 0.05) is 17.0 Å². The van der Waals surface area contributed by atoms with Gasteiger partial charge in [-0.15, -0.1) is 0 Å². The minimum Gasteiger partial charge on any atom is -0.288 e. The molecule has 0 radical (unpaired) electrons. The molecule has 0 aliphatic heterocycles. The quantitative estimate of drug-likeness (QED) is 0.615. The average Bonchev–Trinajstić information content (AvgIpc) is 2.35. The Morgan fingerprint density at radius 2 is 1.58 bits per heavy atom. The minimum atomic E-state index is -1.65. The fourth-order valence-corrected chi connectivity index (χ4v) is 1.77. The first kappa shape index (κ1) is 13.3. The number of hydrogen-bond acceptors (Lipinski definition) is 2. The molecular formula is C14H10F3NO. The van der Waals surface area contributed by atoms with E-state index in [1.165, 1.54) is 6.07 Å². The van der Waals surface area contributed by atoms with Crippen LogP contribution in [0.3, 0.4) is 0 Å². The van der Waals surface area contributed by atoms with Gasteiger partial charge in [-0.1, -0.05) is 0 Å². The van der Waals surface area contributed by atoms with Gasteiger partial charge in [-0.2, -0.15) is 0 Å². The fourth-order valence-electron chi connectivity index (χ4n) is 1.77. The summed E-state index contributed by atoms with van der Waals surface area (Å²) >= 11 is 0. The normalized spacial score (nSPS) is 10.6. The Balaban J connectivity index is 2.53. The second kappa shape index (κ2) is 4.84. The van der Waals surface area contributed by atoms with Crippen molar-refractivity contribution in [3.63, 3.8) is 0 Å². The lowest BCUT2D eigenvalue weighted by molar-refractivity contribution is 0.103. The largest absolute Gasteiger partial charge is 0.288 e. The lowest BCUT2D eigenvalue weighted by atomic mass is 10.0. The maximum atomic E-state index is 13.6. The number of aromatic nitrogens is 1. The summed E-state index contributed by atoms with van der Waals surface area (Å²) in [7, 11) is 0. The van der Waals surface area contributed by atoms with E-state index in [1.54, 1.807) is 19.9 Å². The van der Waals surface area contributed by atoms with Crippen molar-refractivity contribution in [2.45, 2.75) is 13.8 Å². The molecular weight excluding hydrogens is 255 g/mol. The zero-order valence-corrected chi connectivity index (χ0v) is 10.3. The molecule has 0 saturated heterocycles. The molecule has 1 aromatic heterocycles. The lowest BCUT2D eigenvalue weighted by Gasteiger charge is -2.07. The van der Waals surface area contributed by atoms with Crippen molar-refractivity contribution < 1.29 is 18.0 Å². The molecule has 0 amide bonds. The molecule has 98 valence electrons. The Hall–Kier alpha value is -2.17. The summed E-state index contributed by atoms with van der Waals surface area (Å²) in [4.78, 5) is 16.2. The molecule has 0 aliphatic rings. The molecule has 0 bridgehead atoms. The molecule has 0 saturated carbocycles. The second-order valence-corrected chi connectivity index (χ2v) is 4.14. The van der Waals surface area contributed by atoms with Crippen LogP contribution in [0, 0.1) is 31.3 Å². The zero-order valence-electron chi connectivity index (χ0n) is 10.3. The molecule has 19 heavy (non-hydrogen) atoms. The van der Waals surface area contributed by atoms with Crippen LogP contribution >= 0.6 is 0 Å². The second-order valence-electron chi connectivity index (χ2n) is 4.14. The first-order valence-corrected chi connectivity index (χ1v) is 5.54. The van der Waals surface area contributed by atoms with E-state index in [0.717, 1.165) is 12.1 Å². The highest BCUT2D eigenvalue weighted by Gasteiger charge is 2.21. The Morgan fingerprint density at radius 3 is 2.21 bits per heavy atom. The van der Waals surface area contributed by atoms with Crippen molar-refractivity contribution in [1.29, 1.82) is 0 Å². The van der Waals surface area contributed by atoms with Crippen molar-refractivity contribution >= 4 is 5.78 Å². The summed E-state index contributed by atoms with van der Waals surface area (Å²) in [5, 5.41) is 0. The number of rotatable bonds is 2. The Labute approximate surface area is 107 Å². The van der Waals surface area contributed by atoms with E-state index < -0.39 is 28.8 Å². The predicted molar refractivity (Wildman–Crippen MR) is 63.5 cm³/mol. The summed E-state index contributed by atoms with van der Waals surface area (Å²) < 4.78 is 39.5. The van der Waals surface area contributed by atoms with E-state index in [-0.39, 0.29) is 5.56 Å². The van der Waals surface area contributed by atoms with Crippen LogP contribution in [0.5, 0.6) is 0 Å². The number of ketones is 1. The monoisotopic (exact) mass is 265 g/mol. The summed E-state index contributed by atoms with van der Waals surface area (Å²) in [6.45, 7) is 3.34. The summed E-state index contributed by atoms with van der Waals surface area (Å²) in [6.07, 6.45) is 0. The summed E-state index contributed by atoms with van der Waals surface area (Å²) in [5.74, 6) is -5.18. The van der Waals surface area contributed by atoms with Crippen LogP contribution in [0.1, 0.15) is 27.3 Å². The van der Waals surface area contributed by atoms with Gasteiger partial charge in [0.1, 0.15) is 0 Å². The molecule has 2 nitrogen and oxygen atoms in total. The van der Waals surface area contributed by atoms with E-state index >= 15 is 0 Å². The van der Waals surface area contributed by atoms with Crippen LogP contribution in [0.4, 0.5) is 13.2 Å². The standard InChI is InChI=1S/C14H10F3NO/c1-7-3-4-9(8(2)18-7)14(19)10-5-6-11(15)13(17)12(10)16/h3-6H,1-2H3. The SMILES string of the molecule is Cc1ccc(C(=O)c2ccc(F)c(F)c2F)c(C)n1. The molecule has 1 aromatic carbocycles. The number of carbonyl (C=O) groups excluding carboxylic acids is 1. The maximum Gasteiger partial charge on any atom is 0.197 e. The van der Waals surface area contributed by atoms with Crippen LogP contribution in [-0.2, 0) is 0 Å². The van der Waals surface area contributed by atoms with Gasteiger partial charge in [0.25, 0.3) is 0 Å². The van der Waals surface area contributed by atoms with Crippen LogP contribution in [0.15, 0.2) is 24.3 Å². The Bertz CT molecular complexity index is 668. The van der Waals surface area contributed by atoms with Crippen LogP contribution < -0.4 is 0 Å². The number of halogens is 3. The van der Waals surface area contributed by atoms with Gasteiger partial charge >= 0.3 is 0 Å². The molecule has 0 atom stereocenters. The number of aryl methyl sites for hydroxylation is 2. The molecule has 1 heterocycles. The van der Waals surface area contributed by atoms with Gasteiger partial charge in [0.05, 0.1) is 5.56 Å². The highest BCUT2D eigenvalue weighted by Crippen LogP contribution is 2.19. The first-order chi connectivity index (χ1) is 8.91. The molecule has 2 aromatic rings. The number of benzene rings is 1. The molecule has 0 fully saturated rings. The highest BCUT2D eigenvalue weighted by atomic mass is 19.2. The molecule has 0 aliphatic carbocycles. The number of carbonyl (C=O) groups is 1. The lowest BCUT2D eigenvalue weighted by Crippen LogP contribution is -2.10. The average molecular weight is 265 g/mol. The van der Waals surface area contributed by atoms with Crippen LogP contribution in [-0.4, -0.2) is 10.8 Å². The van der Waals surface area contributed by atoms with Gasteiger partial charge in [0.2, 0.25) is 0 Å². The van der Waals surface area contributed by atoms with Crippen molar-refractivity contribution in [2.75, 3.05) is 0 Å². The first-order valence-electron chi connectivity index (χ1n) is 5.54. The van der Waals surface area contributed by atoms with Crippen molar-refractivity contribution in [3.05, 3.63) is 64.2 Å². The molecule has 5 heteroatoms. The van der Waals surface area contributed by atoms with Crippen molar-refractivity contribution in [1.82, 2.24) is 4.98 Å². The van der Waals surface area contributed by atoms with Gasteiger partial charge in [-0.05, 0) is 38.1 Å². The van der Waals surface area contributed by atoms with E-state index in [4.69, 9.17) is 0 Å². The van der Waals surface area contributed by atoms with Gasteiger partial charge in [-0.25, -0.2) is 13.2 Å². The highest BCUT2D eigenvalue weighted by molar-refractivity contribution is 6.09. The molecule has 0 unspecified atom stereocenters. The topological polar surface area (TPSA) is 30.0 Å². The third-order valence-electron chi connectivity index (χ3n) is 2.75. The fraction of sp³-hybridized carbons (Fsp3) is 0.143. The van der Waals surface area contributed by atoms with Gasteiger partial charge in [0.15, 0.2) is 23.2 Å². The van der Waals surface area contributed by atoms with E-state index in [0.29, 0.717) is 11.4 Å². The van der Waals surface area contributed by atoms with Crippen molar-refractivity contribution in [2.24, 2.45) is 0 Å². The maximum absolute atomic E-state index is 13.6. The van der Waals surface area contributed by atoms with Crippen molar-refractivity contribution in [3.8, 4) is 0 Å². The van der Waals surface area contributed by atoms with E-state index in [1.807, 2.05) is 0 Å².